The lowest BCUT2D eigenvalue weighted by Crippen LogP contribution is -2.06. The average Bonchev–Trinajstić information content (AvgIpc) is 2.21. The predicted octanol–water partition coefficient (Wildman–Crippen LogP) is 1.16. The van der Waals surface area contributed by atoms with Crippen LogP contribution in [0.15, 0.2) is 23.3 Å². The fourth-order valence-corrected chi connectivity index (χ4v) is 0.979. The van der Waals surface area contributed by atoms with Crippen LogP contribution in [0.25, 0.3) is 0 Å². The molecule has 1 aromatic heterocycles. The Morgan fingerprint density at radius 3 is 3.07 bits per heavy atom. The molecule has 1 rings (SSSR count). The number of pyridine rings is 1. The summed E-state index contributed by atoms with van der Waals surface area (Å²) in [6.45, 7) is 1.09. The molecule has 14 heavy (non-hydrogen) atoms. The quantitative estimate of drug-likeness (QED) is 0.521. The molecular weight excluding hydrogens is 180 g/mol. The van der Waals surface area contributed by atoms with Gasteiger partial charge in [-0.1, -0.05) is 0 Å². The van der Waals surface area contributed by atoms with Crippen molar-refractivity contribution in [2.24, 2.45) is 4.99 Å². The molecule has 0 aliphatic heterocycles. The summed E-state index contributed by atoms with van der Waals surface area (Å²) >= 11 is 0. The molecule has 0 saturated heterocycles. The second-order valence-electron chi connectivity index (χ2n) is 2.62. The molecule has 76 valence electrons. The van der Waals surface area contributed by atoms with E-state index in [0.717, 1.165) is 11.4 Å². The van der Waals surface area contributed by atoms with Crippen molar-refractivity contribution in [1.29, 1.82) is 0 Å². The van der Waals surface area contributed by atoms with Crippen LogP contribution in [0, 0.1) is 0 Å². The summed E-state index contributed by atoms with van der Waals surface area (Å²) in [6.07, 6.45) is 3.38. The smallest absolute Gasteiger partial charge is 0.146 e. The van der Waals surface area contributed by atoms with Crippen molar-refractivity contribution in [2.75, 3.05) is 27.4 Å². The van der Waals surface area contributed by atoms with Crippen molar-refractivity contribution >= 4 is 6.21 Å². The van der Waals surface area contributed by atoms with E-state index in [1.807, 2.05) is 12.1 Å². The van der Waals surface area contributed by atoms with E-state index in [9.17, 15) is 0 Å². The van der Waals surface area contributed by atoms with Crippen LogP contribution in [0.5, 0.6) is 5.75 Å². The lowest BCUT2D eigenvalue weighted by Gasteiger charge is -2.06. The third kappa shape index (κ3) is 3.14. The first-order chi connectivity index (χ1) is 6.88. The molecular formula is C10H14N2O2. The van der Waals surface area contributed by atoms with Gasteiger partial charge in [0.05, 0.1) is 12.8 Å². The largest absolute Gasteiger partial charge is 0.489 e. The van der Waals surface area contributed by atoms with Crippen molar-refractivity contribution in [3.8, 4) is 5.75 Å². The van der Waals surface area contributed by atoms with Gasteiger partial charge in [-0.15, -0.1) is 0 Å². The van der Waals surface area contributed by atoms with Crippen LogP contribution in [0.3, 0.4) is 0 Å². The number of aliphatic imine (C=N–C) groups is 1. The van der Waals surface area contributed by atoms with Gasteiger partial charge >= 0.3 is 0 Å². The Morgan fingerprint density at radius 2 is 2.36 bits per heavy atom. The van der Waals surface area contributed by atoms with Gasteiger partial charge in [0.2, 0.25) is 0 Å². The highest BCUT2D eigenvalue weighted by Gasteiger charge is 2.00. The third-order valence-corrected chi connectivity index (χ3v) is 1.60. The van der Waals surface area contributed by atoms with Gasteiger partial charge in [0, 0.05) is 20.4 Å². The van der Waals surface area contributed by atoms with E-state index in [1.54, 1.807) is 26.6 Å². The summed E-state index contributed by atoms with van der Waals surface area (Å²) in [7, 11) is 3.34. The Hall–Kier alpha value is -1.42. The predicted molar refractivity (Wildman–Crippen MR) is 55.1 cm³/mol. The van der Waals surface area contributed by atoms with Crippen LogP contribution in [0.2, 0.25) is 0 Å². The molecule has 0 saturated carbocycles. The molecule has 4 heteroatoms. The molecule has 0 aromatic carbocycles. The summed E-state index contributed by atoms with van der Waals surface area (Å²) in [5, 5.41) is 0. The first-order valence-electron chi connectivity index (χ1n) is 4.37. The maximum atomic E-state index is 5.45. The molecule has 0 unspecified atom stereocenters. The number of hydrogen-bond acceptors (Lipinski definition) is 4. The van der Waals surface area contributed by atoms with Gasteiger partial charge in [0.15, 0.2) is 0 Å². The first kappa shape index (κ1) is 10.7. The van der Waals surface area contributed by atoms with Crippen LogP contribution >= 0.6 is 0 Å². The number of aromatic nitrogens is 1. The van der Waals surface area contributed by atoms with Gasteiger partial charge in [-0.3, -0.25) is 9.98 Å². The molecule has 0 aliphatic carbocycles. The zero-order valence-corrected chi connectivity index (χ0v) is 8.43. The molecule has 4 nitrogen and oxygen atoms in total. The topological polar surface area (TPSA) is 43.7 Å². The highest BCUT2D eigenvalue weighted by Crippen LogP contribution is 2.12. The van der Waals surface area contributed by atoms with E-state index in [4.69, 9.17) is 9.47 Å². The van der Waals surface area contributed by atoms with Crippen molar-refractivity contribution in [1.82, 2.24) is 4.98 Å². The minimum atomic E-state index is 0.521. The number of nitrogens with zero attached hydrogens (tertiary/aromatic N) is 2. The minimum absolute atomic E-state index is 0.521. The molecule has 0 N–H and O–H groups in total. The molecule has 0 fully saturated rings. The first-order valence-corrected chi connectivity index (χ1v) is 4.37. The Bertz CT molecular complexity index is 300. The van der Waals surface area contributed by atoms with Gasteiger partial charge < -0.3 is 9.47 Å². The van der Waals surface area contributed by atoms with E-state index < -0.39 is 0 Å². The second-order valence-corrected chi connectivity index (χ2v) is 2.62. The molecule has 1 aromatic rings. The fraction of sp³-hybridized carbons (Fsp3) is 0.400. The summed E-state index contributed by atoms with van der Waals surface area (Å²) < 4.78 is 10.3. The van der Waals surface area contributed by atoms with Gasteiger partial charge in [-0.2, -0.15) is 0 Å². The second kappa shape index (κ2) is 6.10. The lowest BCUT2D eigenvalue weighted by molar-refractivity contribution is 0.146. The Labute approximate surface area is 83.6 Å². The average molecular weight is 194 g/mol. The van der Waals surface area contributed by atoms with Gasteiger partial charge in [0.25, 0.3) is 0 Å². The number of rotatable bonds is 5. The molecule has 1 heterocycles. The Kier molecular flexibility index (Phi) is 4.64. The van der Waals surface area contributed by atoms with Crippen molar-refractivity contribution in [2.45, 2.75) is 0 Å². The maximum Gasteiger partial charge on any atom is 0.146 e. The highest BCUT2D eigenvalue weighted by molar-refractivity contribution is 5.80. The number of hydrogen-bond donors (Lipinski definition) is 0. The fourth-order valence-electron chi connectivity index (χ4n) is 0.979. The standard InChI is InChI=1S/C10H14N2O2/c1-11-8-9-10(4-3-5-12-9)14-7-6-13-2/h3-5,8H,6-7H2,1-2H3/b11-8+. The third-order valence-electron chi connectivity index (χ3n) is 1.60. The van der Waals surface area contributed by atoms with Crippen LogP contribution in [0.1, 0.15) is 5.69 Å². The Balaban J connectivity index is 2.64. The number of ether oxygens (including phenoxy) is 2. The summed E-state index contributed by atoms with van der Waals surface area (Å²) in [4.78, 5) is 8.03. The molecule has 0 bridgehead atoms. The van der Waals surface area contributed by atoms with Gasteiger partial charge in [-0.25, -0.2) is 0 Å². The van der Waals surface area contributed by atoms with Crippen LogP contribution in [0.4, 0.5) is 0 Å². The van der Waals surface area contributed by atoms with Crippen molar-refractivity contribution < 1.29 is 9.47 Å². The van der Waals surface area contributed by atoms with E-state index in [0.29, 0.717) is 13.2 Å². The van der Waals surface area contributed by atoms with E-state index >= 15 is 0 Å². The monoisotopic (exact) mass is 194 g/mol. The Morgan fingerprint density at radius 1 is 1.50 bits per heavy atom. The molecule has 0 radical (unpaired) electrons. The summed E-state index contributed by atoms with van der Waals surface area (Å²) in [5.74, 6) is 0.732. The van der Waals surface area contributed by atoms with Crippen LogP contribution < -0.4 is 4.74 Å². The molecule has 0 amide bonds. The van der Waals surface area contributed by atoms with Gasteiger partial charge in [0.1, 0.15) is 18.1 Å². The summed E-state index contributed by atoms with van der Waals surface area (Å²) in [5.41, 5.74) is 0.742. The highest BCUT2D eigenvalue weighted by atomic mass is 16.5. The van der Waals surface area contributed by atoms with E-state index in [-0.39, 0.29) is 0 Å². The zero-order valence-electron chi connectivity index (χ0n) is 8.43. The van der Waals surface area contributed by atoms with Crippen LogP contribution in [-0.4, -0.2) is 38.6 Å². The SMILES string of the molecule is C/N=C/c1ncccc1OCCOC. The molecule has 0 atom stereocenters. The minimum Gasteiger partial charge on any atom is -0.489 e. The van der Waals surface area contributed by atoms with Crippen molar-refractivity contribution in [3.05, 3.63) is 24.0 Å². The molecule has 0 spiro atoms. The normalized spacial score (nSPS) is 10.7. The number of methoxy groups -OCH3 is 1. The van der Waals surface area contributed by atoms with Gasteiger partial charge in [-0.05, 0) is 12.1 Å². The zero-order chi connectivity index (χ0) is 10.2. The summed E-state index contributed by atoms with van der Waals surface area (Å²) in [6, 6.07) is 3.69. The maximum absolute atomic E-state index is 5.45. The lowest BCUT2D eigenvalue weighted by atomic mass is 10.3. The van der Waals surface area contributed by atoms with Crippen LogP contribution in [-0.2, 0) is 4.74 Å². The van der Waals surface area contributed by atoms with E-state index in [1.165, 1.54) is 0 Å². The van der Waals surface area contributed by atoms with Crippen molar-refractivity contribution in [3.63, 3.8) is 0 Å². The van der Waals surface area contributed by atoms with E-state index in [2.05, 4.69) is 9.98 Å². The molecule has 0 aliphatic rings.